The van der Waals surface area contributed by atoms with Gasteiger partial charge in [0.1, 0.15) is 5.75 Å². The van der Waals surface area contributed by atoms with Gasteiger partial charge in [-0.1, -0.05) is 0 Å². The van der Waals surface area contributed by atoms with Crippen LogP contribution in [0.3, 0.4) is 0 Å². The lowest BCUT2D eigenvalue weighted by atomic mass is 10.1. The predicted octanol–water partition coefficient (Wildman–Crippen LogP) is 1.55. The fraction of sp³-hybridized carbons (Fsp3) is 0.357. The number of hydrogen-bond acceptors (Lipinski definition) is 5. The normalized spacial score (nSPS) is 9.35. The van der Waals surface area contributed by atoms with Crippen LogP contribution < -0.4 is 10.5 Å². The van der Waals surface area contributed by atoms with E-state index >= 15 is 0 Å². The number of amides is 1. The first-order valence-corrected chi connectivity index (χ1v) is 6.10. The van der Waals surface area contributed by atoms with Crippen molar-refractivity contribution in [2.24, 2.45) is 0 Å². The summed E-state index contributed by atoms with van der Waals surface area (Å²) in [5.74, 6) is 0.287. The number of benzene rings is 1. The summed E-state index contributed by atoms with van der Waals surface area (Å²) in [6.07, 6.45) is 0.431. The van der Waals surface area contributed by atoms with Gasteiger partial charge in [-0.3, -0.25) is 4.79 Å². The van der Waals surface area contributed by atoms with Gasteiger partial charge < -0.3 is 15.4 Å². The second-order valence-corrected chi connectivity index (χ2v) is 4.06. The molecule has 1 amide bonds. The maximum Gasteiger partial charge on any atom is 0.256 e. The molecular weight excluding hydrogens is 256 g/mol. The van der Waals surface area contributed by atoms with Crippen LogP contribution in [0.4, 0.5) is 5.69 Å². The Labute approximate surface area is 118 Å². The Morgan fingerprint density at radius 1 is 1.30 bits per heavy atom. The van der Waals surface area contributed by atoms with Crippen LogP contribution in [0.15, 0.2) is 18.2 Å². The average molecular weight is 272 g/mol. The van der Waals surface area contributed by atoms with Crippen molar-refractivity contribution in [3.63, 3.8) is 0 Å². The predicted molar refractivity (Wildman–Crippen MR) is 73.8 cm³/mol. The van der Waals surface area contributed by atoms with Crippen LogP contribution in [-0.2, 0) is 0 Å². The number of carbonyl (C=O) groups excluding carboxylic acids is 1. The molecule has 0 aromatic heterocycles. The quantitative estimate of drug-likeness (QED) is 0.791. The first kappa shape index (κ1) is 15.3. The standard InChI is InChI=1S/C14H16N4O2/c1-20-11-4-5-12(13(17)10-11)14(19)18(8-2-6-15)9-3-7-16/h4-5,10H,2-3,8-9,17H2,1H3. The summed E-state index contributed by atoms with van der Waals surface area (Å²) in [6.45, 7) is 0.560. The van der Waals surface area contributed by atoms with Crippen LogP contribution >= 0.6 is 0 Å². The van der Waals surface area contributed by atoms with Crippen molar-refractivity contribution < 1.29 is 9.53 Å². The number of nitrogen functional groups attached to an aromatic ring is 1. The molecule has 0 fully saturated rings. The van der Waals surface area contributed by atoms with Gasteiger partial charge in [0, 0.05) is 24.8 Å². The van der Waals surface area contributed by atoms with Crippen molar-refractivity contribution in [2.45, 2.75) is 12.8 Å². The van der Waals surface area contributed by atoms with Gasteiger partial charge in [0.2, 0.25) is 0 Å². The first-order chi connectivity index (χ1) is 9.63. The largest absolute Gasteiger partial charge is 0.497 e. The Morgan fingerprint density at radius 3 is 2.35 bits per heavy atom. The highest BCUT2D eigenvalue weighted by atomic mass is 16.5. The summed E-state index contributed by atoms with van der Waals surface area (Å²) in [5.41, 5.74) is 6.50. The highest BCUT2D eigenvalue weighted by Crippen LogP contribution is 2.21. The van der Waals surface area contributed by atoms with Crippen LogP contribution in [0, 0.1) is 22.7 Å². The minimum absolute atomic E-state index is 0.216. The SMILES string of the molecule is COc1ccc(C(=O)N(CCC#N)CCC#N)c(N)c1. The van der Waals surface area contributed by atoms with Crippen molar-refractivity contribution in [3.05, 3.63) is 23.8 Å². The van der Waals surface area contributed by atoms with E-state index in [0.717, 1.165) is 0 Å². The summed E-state index contributed by atoms with van der Waals surface area (Å²) < 4.78 is 5.03. The zero-order chi connectivity index (χ0) is 15.0. The third-order valence-electron chi connectivity index (χ3n) is 2.76. The monoisotopic (exact) mass is 272 g/mol. The number of rotatable bonds is 6. The molecule has 0 heterocycles. The number of methoxy groups -OCH3 is 1. The van der Waals surface area contributed by atoms with E-state index in [2.05, 4.69) is 0 Å². The molecule has 6 nitrogen and oxygen atoms in total. The van der Waals surface area contributed by atoms with Gasteiger partial charge in [-0.2, -0.15) is 10.5 Å². The Morgan fingerprint density at radius 2 is 1.90 bits per heavy atom. The topological polar surface area (TPSA) is 103 Å². The van der Waals surface area contributed by atoms with Crippen LogP contribution in [-0.4, -0.2) is 31.0 Å². The molecule has 1 aromatic rings. The van der Waals surface area contributed by atoms with Gasteiger partial charge in [-0.05, 0) is 12.1 Å². The number of nitrogens with zero attached hydrogens (tertiary/aromatic N) is 3. The number of nitriles is 2. The smallest absolute Gasteiger partial charge is 0.256 e. The van der Waals surface area contributed by atoms with Crippen LogP contribution in [0.25, 0.3) is 0 Å². The molecule has 0 radical (unpaired) electrons. The number of nitrogens with two attached hydrogens (primary N) is 1. The fourth-order valence-corrected chi connectivity index (χ4v) is 1.72. The molecule has 1 aromatic carbocycles. The van der Waals surface area contributed by atoms with Crippen LogP contribution in [0.5, 0.6) is 5.75 Å². The molecule has 0 saturated heterocycles. The average Bonchev–Trinajstić information content (AvgIpc) is 2.46. The van der Waals surface area contributed by atoms with E-state index < -0.39 is 0 Å². The lowest BCUT2D eigenvalue weighted by Crippen LogP contribution is -2.33. The van der Waals surface area contributed by atoms with E-state index in [1.54, 1.807) is 18.2 Å². The van der Waals surface area contributed by atoms with E-state index in [1.807, 2.05) is 12.1 Å². The highest BCUT2D eigenvalue weighted by molar-refractivity contribution is 5.99. The summed E-state index contributed by atoms with van der Waals surface area (Å²) in [6, 6.07) is 8.78. The minimum Gasteiger partial charge on any atom is -0.497 e. The molecule has 6 heteroatoms. The Hall–Kier alpha value is -2.73. The number of hydrogen-bond donors (Lipinski definition) is 1. The molecule has 2 N–H and O–H groups in total. The third-order valence-corrected chi connectivity index (χ3v) is 2.76. The highest BCUT2D eigenvalue weighted by Gasteiger charge is 2.18. The van der Waals surface area contributed by atoms with Crippen molar-refractivity contribution >= 4 is 11.6 Å². The fourth-order valence-electron chi connectivity index (χ4n) is 1.72. The van der Waals surface area contributed by atoms with Gasteiger partial charge in [0.25, 0.3) is 5.91 Å². The van der Waals surface area contributed by atoms with Crippen molar-refractivity contribution in [3.8, 4) is 17.9 Å². The first-order valence-electron chi connectivity index (χ1n) is 6.10. The maximum atomic E-state index is 12.4. The second-order valence-electron chi connectivity index (χ2n) is 4.06. The molecule has 104 valence electrons. The zero-order valence-electron chi connectivity index (χ0n) is 11.3. The second kappa shape index (κ2) is 7.65. The van der Waals surface area contributed by atoms with Gasteiger partial charge >= 0.3 is 0 Å². The van der Waals surface area contributed by atoms with Gasteiger partial charge in [-0.15, -0.1) is 0 Å². The minimum atomic E-state index is -0.282. The molecule has 0 bridgehead atoms. The molecule has 0 saturated carbocycles. The summed E-state index contributed by atoms with van der Waals surface area (Å²) in [5, 5.41) is 17.2. The zero-order valence-corrected chi connectivity index (χ0v) is 11.3. The van der Waals surface area contributed by atoms with E-state index in [4.69, 9.17) is 21.0 Å². The molecule has 20 heavy (non-hydrogen) atoms. The van der Waals surface area contributed by atoms with E-state index in [9.17, 15) is 4.79 Å². The molecule has 0 aliphatic heterocycles. The maximum absolute atomic E-state index is 12.4. The Kier molecular flexibility index (Phi) is 5.86. The molecule has 0 unspecified atom stereocenters. The summed E-state index contributed by atoms with van der Waals surface area (Å²) in [7, 11) is 1.52. The Bertz CT molecular complexity index is 539. The van der Waals surface area contributed by atoms with E-state index in [1.165, 1.54) is 12.0 Å². The molecule has 0 spiro atoms. The van der Waals surface area contributed by atoms with E-state index in [-0.39, 0.29) is 31.8 Å². The van der Waals surface area contributed by atoms with Crippen molar-refractivity contribution in [1.29, 1.82) is 10.5 Å². The van der Waals surface area contributed by atoms with E-state index in [0.29, 0.717) is 17.0 Å². The number of anilines is 1. The summed E-state index contributed by atoms with van der Waals surface area (Å²) in [4.78, 5) is 13.8. The molecule has 0 aliphatic rings. The van der Waals surface area contributed by atoms with Crippen molar-refractivity contribution in [1.82, 2.24) is 4.90 Å². The third kappa shape index (κ3) is 3.89. The molecule has 0 atom stereocenters. The lowest BCUT2D eigenvalue weighted by molar-refractivity contribution is 0.0763. The van der Waals surface area contributed by atoms with Crippen LogP contribution in [0.2, 0.25) is 0 Å². The molecule has 1 rings (SSSR count). The van der Waals surface area contributed by atoms with Gasteiger partial charge in [0.15, 0.2) is 0 Å². The molecule has 0 aliphatic carbocycles. The van der Waals surface area contributed by atoms with Gasteiger partial charge in [-0.25, -0.2) is 0 Å². The molecular formula is C14H16N4O2. The number of ether oxygens (including phenoxy) is 1. The summed E-state index contributed by atoms with van der Waals surface area (Å²) >= 11 is 0. The number of carbonyl (C=O) groups is 1. The van der Waals surface area contributed by atoms with Crippen LogP contribution in [0.1, 0.15) is 23.2 Å². The van der Waals surface area contributed by atoms with Crippen molar-refractivity contribution in [2.75, 3.05) is 25.9 Å². The van der Waals surface area contributed by atoms with Gasteiger partial charge in [0.05, 0.1) is 37.7 Å². The lowest BCUT2D eigenvalue weighted by Gasteiger charge is -2.21. The Balaban J connectivity index is 2.93.